The van der Waals surface area contributed by atoms with E-state index >= 15 is 0 Å². The largest absolute Gasteiger partial charge is 0.444 e. The number of carbonyl (C=O) groups is 1. The van der Waals surface area contributed by atoms with Gasteiger partial charge in [-0.25, -0.2) is 14.8 Å². The summed E-state index contributed by atoms with van der Waals surface area (Å²) in [7, 11) is 0. The van der Waals surface area contributed by atoms with Gasteiger partial charge in [0.1, 0.15) is 28.5 Å². The Morgan fingerprint density at radius 1 is 1.43 bits per heavy atom. The van der Waals surface area contributed by atoms with Gasteiger partial charge in [-0.2, -0.15) is 0 Å². The van der Waals surface area contributed by atoms with Crippen LogP contribution in [0.2, 0.25) is 5.15 Å². The molecule has 1 aromatic heterocycles. The number of aromatic nitrogens is 2. The van der Waals surface area contributed by atoms with Crippen molar-refractivity contribution in [3.8, 4) is 11.8 Å². The standard InChI is InChI=1S/C16H21ClN4O2/c1-16(2,3)23-15(22)21-9-5-4-6-11(21)7-8-12-13(17)19-10-20-14(12)18/h10-11H,4-6,9H2,1-3H3,(H2,18,19,20). The molecule has 23 heavy (non-hydrogen) atoms. The number of ether oxygens (including phenoxy) is 1. The van der Waals surface area contributed by atoms with Crippen LogP contribution in [0.3, 0.4) is 0 Å². The fourth-order valence-corrected chi connectivity index (χ4v) is 2.46. The van der Waals surface area contributed by atoms with Crippen molar-refractivity contribution in [2.24, 2.45) is 0 Å². The van der Waals surface area contributed by atoms with E-state index in [0.29, 0.717) is 12.1 Å². The van der Waals surface area contributed by atoms with Crippen LogP contribution < -0.4 is 5.73 Å². The van der Waals surface area contributed by atoms with Crippen LogP contribution in [0.5, 0.6) is 0 Å². The highest BCUT2D eigenvalue weighted by Gasteiger charge is 2.29. The molecular weight excluding hydrogens is 316 g/mol. The Morgan fingerprint density at radius 3 is 2.83 bits per heavy atom. The van der Waals surface area contributed by atoms with Crippen molar-refractivity contribution in [2.75, 3.05) is 12.3 Å². The minimum atomic E-state index is -0.534. The number of carbonyl (C=O) groups excluding carboxylic acids is 1. The summed E-state index contributed by atoms with van der Waals surface area (Å²) in [4.78, 5) is 21.7. The summed E-state index contributed by atoms with van der Waals surface area (Å²) in [6.07, 6.45) is 3.68. The minimum absolute atomic E-state index is 0.213. The van der Waals surface area contributed by atoms with Crippen LogP contribution in [-0.2, 0) is 4.74 Å². The first-order valence-electron chi connectivity index (χ1n) is 7.55. The van der Waals surface area contributed by atoms with Gasteiger partial charge in [0.15, 0.2) is 0 Å². The molecule has 0 aliphatic carbocycles. The molecule has 2 N–H and O–H groups in total. The average molecular weight is 337 g/mol. The number of nitrogens with two attached hydrogens (primary N) is 1. The number of nitrogen functional groups attached to an aromatic ring is 1. The number of likely N-dealkylation sites (tertiary alicyclic amines) is 1. The molecule has 0 bridgehead atoms. The minimum Gasteiger partial charge on any atom is -0.444 e. The number of anilines is 1. The topological polar surface area (TPSA) is 81.3 Å². The SMILES string of the molecule is CC(C)(C)OC(=O)N1CCCCC1C#Cc1c(N)ncnc1Cl. The van der Waals surface area contributed by atoms with Gasteiger partial charge in [-0.05, 0) is 40.0 Å². The van der Waals surface area contributed by atoms with Gasteiger partial charge in [-0.1, -0.05) is 23.4 Å². The summed E-state index contributed by atoms with van der Waals surface area (Å²) in [5.41, 5.74) is 5.63. The molecule has 7 heteroatoms. The Morgan fingerprint density at radius 2 is 2.17 bits per heavy atom. The van der Waals surface area contributed by atoms with Gasteiger partial charge in [-0.3, -0.25) is 4.90 Å². The third-order valence-corrected chi connectivity index (χ3v) is 3.61. The molecule has 0 saturated carbocycles. The number of hydrogen-bond acceptors (Lipinski definition) is 5. The Hall–Kier alpha value is -2.00. The molecule has 1 atom stereocenters. The normalized spacial score (nSPS) is 18.1. The maximum Gasteiger partial charge on any atom is 0.411 e. The first-order valence-corrected chi connectivity index (χ1v) is 7.93. The molecule has 2 heterocycles. The van der Waals surface area contributed by atoms with Gasteiger partial charge in [0, 0.05) is 6.54 Å². The van der Waals surface area contributed by atoms with Crippen molar-refractivity contribution < 1.29 is 9.53 Å². The number of rotatable bonds is 0. The Kier molecular flexibility index (Phi) is 5.32. The molecule has 1 aliphatic rings. The third-order valence-electron chi connectivity index (χ3n) is 3.32. The van der Waals surface area contributed by atoms with Gasteiger partial charge in [0.25, 0.3) is 0 Å². The second-order valence-electron chi connectivity index (χ2n) is 6.38. The zero-order valence-electron chi connectivity index (χ0n) is 13.6. The van der Waals surface area contributed by atoms with E-state index in [2.05, 4.69) is 21.8 Å². The quantitative estimate of drug-likeness (QED) is 0.582. The first kappa shape index (κ1) is 17.4. The molecule has 2 rings (SSSR count). The van der Waals surface area contributed by atoms with E-state index in [-0.39, 0.29) is 23.1 Å². The zero-order valence-corrected chi connectivity index (χ0v) is 14.4. The first-order chi connectivity index (χ1) is 10.8. The molecule has 1 amide bonds. The lowest BCUT2D eigenvalue weighted by Crippen LogP contribution is -2.45. The van der Waals surface area contributed by atoms with E-state index in [9.17, 15) is 4.79 Å². The van der Waals surface area contributed by atoms with E-state index in [4.69, 9.17) is 22.1 Å². The number of amides is 1. The summed E-state index contributed by atoms with van der Waals surface area (Å²) >= 11 is 5.99. The van der Waals surface area contributed by atoms with Gasteiger partial charge in [-0.15, -0.1) is 0 Å². The van der Waals surface area contributed by atoms with Crippen LogP contribution in [0.25, 0.3) is 0 Å². The molecular formula is C16H21ClN4O2. The van der Waals surface area contributed by atoms with Gasteiger partial charge in [0.05, 0.1) is 6.04 Å². The Balaban J connectivity index is 2.20. The van der Waals surface area contributed by atoms with Crippen molar-refractivity contribution in [3.05, 3.63) is 17.0 Å². The van der Waals surface area contributed by atoms with Crippen molar-refractivity contribution in [2.45, 2.75) is 51.7 Å². The van der Waals surface area contributed by atoms with Crippen molar-refractivity contribution in [1.29, 1.82) is 0 Å². The van der Waals surface area contributed by atoms with Crippen LogP contribution in [0.15, 0.2) is 6.33 Å². The average Bonchev–Trinajstić information content (AvgIpc) is 2.45. The van der Waals surface area contributed by atoms with Crippen LogP contribution >= 0.6 is 11.6 Å². The summed E-state index contributed by atoms with van der Waals surface area (Å²) in [5, 5.41) is 0.213. The summed E-state index contributed by atoms with van der Waals surface area (Å²) in [6.45, 7) is 6.16. The fourth-order valence-electron chi connectivity index (χ4n) is 2.27. The van der Waals surface area contributed by atoms with E-state index in [1.54, 1.807) is 4.90 Å². The fraction of sp³-hybridized carbons (Fsp3) is 0.562. The molecule has 1 fully saturated rings. The van der Waals surface area contributed by atoms with Crippen molar-refractivity contribution in [1.82, 2.24) is 14.9 Å². The van der Waals surface area contributed by atoms with Gasteiger partial charge in [0.2, 0.25) is 0 Å². The maximum atomic E-state index is 12.3. The molecule has 6 nitrogen and oxygen atoms in total. The Bertz CT molecular complexity index is 625. The molecule has 0 aromatic carbocycles. The van der Waals surface area contributed by atoms with E-state index in [0.717, 1.165) is 19.3 Å². The molecule has 1 saturated heterocycles. The zero-order chi connectivity index (χ0) is 17.0. The van der Waals surface area contributed by atoms with Gasteiger partial charge >= 0.3 is 6.09 Å². The second kappa shape index (κ2) is 7.05. The summed E-state index contributed by atoms with van der Waals surface area (Å²) < 4.78 is 5.45. The second-order valence-corrected chi connectivity index (χ2v) is 6.74. The van der Waals surface area contributed by atoms with E-state index in [1.165, 1.54) is 6.33 Å². The van der Waals surface area contributed by atoms with Crippen LogP contribution in [-0.4, -0.2) is 39.1 Å². The highest BCUT2D eigenvalue weighted by Crippen LogP contribution is 2.21. The lowest BCUT2D eigenvalue weighted by atomic mass is 10.0. The number of nitrogens with zero attached hydrogens (tertiary/aromatic N) is 3. The lowest BCUT2D eigenvalue weighted by molar-refractivity contribution is 0.0158. The molecule has 124 valence electrons. The summed E-state index contributed by atoms with van der Waals surface area (Å²) in [6, 6.07) is -0.228. The number of hydrogen-bond donors (Lipinski definition) is 1. The lowest BCUT2D eigenvalue weighted by Gasteiger charge is -2.34. The van der Waals surface area contributed by atoms with Crippen LogP contribution in [0, 0.1) is 11.8 Å². The smallest absolute Gasteiger partial charge is 0.411 e. The van der Waals surface area contributed by atoms with Crippen LogP contribution in [0.4, 0.5) is 10.6 Å². The molecule has 1 aliphatic heterocycles. The highest BCUT2D eigenvalue weighted by atomic mass is 35.5. The van der Waals surface area contributed by atoms with Crippen LogP contribution in [0.1, 0.15) is 45.6 Å². The van der Waals surface area contributed by atoms with Gasteiger partial charge < -0.3 is 10.5 Å². The molecule has 1 aromatic rings. The van der Waals surface area contributed by atoms with E-state index < -0.39 is 5.60 Å². The molecule has 0 spiro atoms. The number of piperidine rings is 1. The molecule has 0 radical (unpaired) electrons. The van der Waals surface area contributed by atoms with Crippen molar-refractivity contribution >= 4 is 23.5 Å². The number of halogens is 1. The highest BCUT2D eigenvalue weighted by molar-refractivity contribution is 6.30. The monoisotopic (exact) mass is 336 g/mol. The predicted molar refractivity (Wildman–Crippen MR) is 88.9 cm³/mol. The van der Waals surface area contributed by atoms with E-state index in [1.807, 2.05) is 20.8 Å². The third kappa shape index (κ3) is 4.73. The van der Waals surface area contributed by atoms with Crippen molar-refractivity contribution in [3.63, 3.8) is 0 Å². The molecule has 1 unspecified atom stereocenters. The predicted octanol–water partition coefficient (Wildman–Crippen LogP) is 2.85. The maximum absolute atomic E-state index is 12.3. The summed E-state index contributed by atoms with van der Waals surface area (Å²) in [5.74, 6) is 6.22. The Labute approximate surface area is 141 Å².